The Kier molecular flexibility index (Phi) is 3.21. The van der Waals surface area contributed by atoms with Crippen LogP contribution in [0.5, 0.6) is 0 Å². The van der Waals surface area contributed by atoms with Crippen LogP contribution < -0.4 is 5.73 Å². The first kappa shape index (κ1) is 11.5. The van der Waals surface area contributed by atoms with E-state index in [2.05, 4.69) is 0 Å². The van der Waals surface area contributed by atoms with Gasteiger partial charge in [-0.05, 0) is 12.0 Å². The zero-order valence-corrected chi connectivity index (χ0v) is 9.07. The Balaban J connectivity index is 1.97. The number of likely N-dealkylation sites (tertiary alicyclic amines) is 1. The van der Waals surface area contributed by atoms with E-state index in [1.165, 1.54) is 0 Å². The van der Waals surface area contributed by atoms with Crippen LogP contribution in [0.15, 0.2) is 30.3 Å². The average molecular weight is 226 g/mol. The Bertz CT molecular complexity index is 340. The van der Waals surface area contributed by atoms with E-state index < -0.39 is 12.0 Å². The highest BCUT2D eigenvalue weighted by Crippen LogP contribution is 2.26. The molecule has 1 saturated heterocycles. The van der Waals surface area contributed by atoms with Crippen LogP contribution in [0.1, 0.15) is 12.0 Å². The molecule has 0 saturated carbocycles. The van der Waals surface area contributed by atoms with Crippen LogP contribution in [0.3, 0.4) is 0 Å². The Morgan fingerprint density at radius 2 is 2.00 bits per heavy atom. The van der Waals surface area contributed by atoms with Gasteiger partial charge in [0.05, 0.1) is 12.6 Å². The molecule has 0 spiro atoms. The lowest BCUT2D eigenvalue weighted by Crippen LogP contribution is -2.54. The van der Waals surface area contributed by atoms with Crippen LogP contribution in [-0.2, 0) is 6.54 Å². The van der Waals surface area contributed by atoms with E-state index >= 15 is 0 Å². The Labute approximate surface area is 94.0 Å². The number of benzene rings is 1. The maximum absolute atomic E-state index is 13.4. The highest BCUT2D eigenvalue weighted by molar-refractivity contribution is 5.14. The topological polar surface area (TPSA) is 29.3 Å². The van der Waals surface area contributed by atoms with Gasteiger partial charge in [0.15, 0.2) is 0 Å². The van der Waals surface area contributed by atoms with E-state index in [4.69, 9.17) is 5.73 Å². The van der Waals surface area contributed by atoms with Crippen molar-refractivity contribution in [3.63, 3.8) is 0 Å². The highest BCUT2D eigenvalue weighted by Gasteiger charge is 2.42. The van der Waals surface area contributed by atoms with Crippen LogP contribution in [-0.4, -0.2) is 30.0 Å². The molecule has 1 atom stereocenters. The minimum atomic E-state index is -2.76. The fourth-order valence-electron chi connectivity index (χ4n) is 2.00. The molecule has 2 nitrogen and oxygen atoms in total. The number of halogens is 2. The van der Waals surface area contributed by atoms with Crippen LogP contribution in [0.4, 0.5) is 8.78 Å². The van der Waals surface area contributed by atoms with Crippen molar-refractivity contribution < 1.29 is 8.78 Å². The van der Waals surface area contributed by atoms with Crippen molar-refractivity contribution in [3.8, 4) is 0 Å². The van der Waals surface area contributed by atoms with Crippen molar-refractivity contribution in [1.82, 2.24) is 4.90 Å². The predicted octanol–water partition coefficient (Wildman–Crippen LogP) is 1.85. The molecule has 2 rings (SSSR count). The van der Waals surface area contributed by atoms with Crippen molar-refractivity contribution in [1.29, 1.82) is 0 Å². The molecule has 0 aliphatic carbocycles. The van der Waals surface area contributed by atoms with Gasteiger partial charge in [-0.15, -0.1) is 0 Å². The molecule has 1 unspecified atom stereocenters. The number of rotatable bonds is 2. The van der Waals surface area contributed by atoms with Crippen molar-refractivity contribution in [3.05, 3.63) is 35.9 Å². The first-order valence-corrected chi connectivity index (χ1v) is 5.47. The van der Waals surface area contributed by atoms with Gasteiger partial charge in [0.2, 0.25) is 0 Å². The molecule has 2 N–H and O–H groups in total. The van der Waals surface area contributed by atoms with Crippen molar-refractivity contribution in [2.45, 2.75) is 24.9 Å². The molecule has 0 aromatic heterocycles. The lowest BCUT2D eigenvalue weighted by molar-refractivity contribution is -0.0817. The number of hydrogen-bond acceptors (Lipinski definition) is 2. The molecular formula is C12H16F2N2. The molecule has 1 aromatic rings. The van der Waals surface area contributed by atoms with Crippen LogP contribution >= 0.6 is 0 Å². The molecule has 0 radical (unpaired) electrons. The summed E-state index contributed by atoms with van der Waals surface area (Å²) < 4.78 is 26.8. The number of alkyl halides is 2. The molecule has 0 bridgehead atoms. The summed E-state index contributed by atoms with van der Waals surface area (Å²) in [4.78, 5) is 1.76. The van der Waals surface area contributed by atoms with Gasteiger partial charge < -0.3 is 5.73 Å². The Hall–Kier alpha value is -1.00. The third-order valence-corrected chi connectivity index (χ3v) is 2.98. The van der Waals surface area contributed by atoms with Crippen LogP contribution in [0, 0.1) is 0 Å². The van der Waals surface area contributed by atoms with Crippen molar-refractivity contribution in [2.24, 2.45) is 5.73 Å². The molecule has 1 heterocycles. The zero-order chi connectivity index (χ0) is 11.6. The standard InChI is InChI=1S/C12H16F2N2/c13-12(14)9-16(7-6-11(12)15)8-10-4-2-1-3-5-10/h1-5,11H,6-9,15H2. The van der Waals surface area contributed by atoms with E-state index in [0.717, 1.165) is 5.56 Å². The minimum Gasteiger partial charge on any atom is -0.323 e. The van der Waals surface area contributed by atoms with Gasteiger partial charge >= 0.3 is 0 Å². The molecule has 16 heavy (non-hydrogen) atoms. The van der Waals surface area contributed by atoms with Crippen molar-refractivity contribution >= 4 is 0 Å². The normalized spacial score (nSPS) is 25.6. The summed E-state index contributed by atoms with van der Waals surface area (Å²) in [5.74, 6) is -2.76. The monoisotopic (exact) mass is 226 g/mol. The zero-order valence-electron chi connectivity index (χ0n) is 9.07. The molecule has 1 aliphatic heterocycles. The largest absolute Gasteiger partial charge is 0.323 e. The quantitative estimate of drug-likeness (QED) is 0.834. The van der Waals surface area contributed by atoms with Gasteiger partial charge in [0.25, 0.3) is 5.92 Å². The molecule has 4 heteroatoms. The van der Waals surface area contributed by atoms with E-state index in [0.29, 0.717) is 19.5 Å². The van der Waals surface area contributed by atoms with Gasteiger partial charge in [-0.2, -0.15) is 0 Å². The number of hydrogen-bond donors (Lipinski definition) is 1. The first-order valence-electron chi connectivity index (χ1n) is 5.47. The molecule has 1 aromatic carbocycles. The second-order valence-electron chi connectivity index (χ2n) is 4.35. The third-order valence-electron chi connectivity index (χ3n) is 2.98. The first-order chi connectivity index (χ1) is 7.58. The Morgan fingerprint density at radius 3 is 2.62 bits per heavy atom. The number of nitrogens with two attached hydrogens (primary N) is 1. The molecule has 0 amide bonds. The smallest absolute Gasteiger partial charge is 0.275 e. The van der Waals surface area contributed by atoms with E-state index in [-0.39, 0.29) is 6.54 Å². The van der Waals surface area contributed by atoms with Gasteiger partial charge in [0, 0.05) is 13.1 Å². The lowest BCUT2D eigenvalue weighted by Gasteiger charge is -2.36. The maximum atomic E-state index is 13.4. The second kappa shape index (κ2) is 4.47. The van der Waals surface area contributed by atoms with E-state index in [1.807, 2.05) is 30.3 Å². The number of piperidine rings is 1. The Morgan fingerprint density at radius 1 is 1.31 bits per heavy atom. The summed E-state index contributed by atoms with van der Waals surface area (Å²) in [7, 11) is 0. The highest BCUT2D eigenvalue weighted by atomic mass is 19.3. The van der Waals surface area contributed by atoms with Gasteiger partial charge in [0.1, 0.15) is 0 Å². The molecule has 1 aliphatic rings. The predicted molar refractivity (Wildman–Crippen MR) is 59.3 cm³/mol. The summed E-state index contributed by atoms with van der Waals surface area (Å²) in [5, 5.41) is 0. The van der Waals surface area contributed by atoms with E-state index in [1.54, 1.807) is 4.90 Å². The van der Waals surface area contributed by atoms with Crippen LogP contribution in [0.25, 0.3) is 0 Å². The fraction of sp³-hybridized carbons (Fsp3) is 0.500. The molecule has 1 fully saturated rings. The summed E-state index contributed by atoms with van der Waals surface area (Å²) in [5.41, 5.74) is 6.46. The van der Waals surface area contributed by atoms with Crippen LogP contribution in [0.2, 0.25) is 0 Å². The van der Waals surface area contributed by atoms with E-state index in [9.17, 15) is 8.78 Å². The third kappa shape index (κ3) is 2.57. The molecule has 88 valence electrons. The fourth-order valence-corrected chi connectivity index (χ4v) is 2.00. The summed E-state index contributed by atoms with van der Waals surface area (Å²) in [6, 6.07) is 8.68. The average Bonchev–Trinajstić information content (AvgIpc) is 2.25. The summed E-state index contributed by atoms with van der Waals surface area (Å²) >= 11 is 0. The second-order valence-corrected chi connectivity index (χ2v) is 4.35. The SMILES string of the molecule is NC1CCN(Cc2ccccc2)CC1(F)F. The number of nitrogens with zero attached hydrogens (tertiary/aromatic N) is 1. The van der Waals surface area contributed by atoms with Crippen molar-refractivity contribution in [2.75, 3.05) is 13.1 Å². The minimum absolute atomic E-state index is 0.233. The maximum Gasteiger partial charge on any atom is 0.275 e. The summed E-state index contributed by atoms with van der Waals surface area (Å²) in [6.07, 6.45) is 0.361. The molecular weight excluding hydrogens is 210 g/mol. The van der Waals surface area contributed by atoms with Gasteiger partial charge in [-0.1, -0.05) is 30.3 Å². The summed E-state index contributed by atoms with van der Waals surface area (Å²) in [6.45, 7) is 0.984. The lowest BCUT2D eigenvalue weighted by atomic mass is 10.0. The van der Waals surface area contributed by atoms with Gasteiger partial charge in [-0.25, -0.2) is 8.78 Å². The van der Waals surface area contributed by atoms with Gasteiger partial charge in [-0.3, -0.25) is 4.90 Å².